The van der Waals surface area contributed by atoms with Crippen molar-refractivity contribution in [3.05, 3.63) is 35.9 Å². The molecule has 11 heavy (non-hydrogen) atoms. The first-order chi connectivity index (χ1) is 5.43. The van der Waals surface area contributed by atoms with Gasteiger partial charge < -0.3 is 9.10 Å². The van der Waals surface area contributed by atoms with Gasteiger partial charge in [-0.1, -0.05) is 30.3 Å². The summed E-state index contributed by atoms with van der Waals surface area (Å²) in [7, 11) is 0.454. The van der Waals surface area contributed by atoms with E-state index in [-0.39, 0.29) is 0 Å². The van der Waals surface area contributed by atoms with Gasteiger partial charge >= 0.3 is 0 Å². The Morgan fingerprint density at radius 3 is 2.73 bits per heavy atom. The van der Waals surface area contributed by atoms with Crippen LogP contribution in [0.25, 0.3) is 0 Å². The van der Waals surface area contributed by atoms with Crippen molar-refractivity contribution in [1.82, 2.24) is 4.98 Å². The van der Waals surface area contributed by atoms with Crippen molar-refractivity contribution in [3.8, 4) is 0 Å². The summed E-state index contributed by atoms with van der Waals surface area (Å²) in [5.41, 5.74) is 1.33. The smallest absolute Gasteiger partial charge is 0.224 e. The summed E-state index contributed by atoms with van der Waals surface area (Å²) in [5, 5.41) is 0. The fourth-order valence-corrected chi connectivity index (χ4v) is 2.10. The van der Waals surface area contributed by atoms with Crippen LogP contribution in [0.4, 0.5) is 0 Å². The molecule has 4 heteroatoms. The van der Waals surface area contributed by atoms with Gasteiger partial charge in [0.05, 0.1) is 0 Å². The van der Waals surface area contributed by atoms with Crippen LogP contribution in [0.1, 0.15) is 5.56 Å². The zero-order valence-electron chi connectivity index (χ0n) is 6.71. The molecule has 0 heterocycles. The second kappa shape index (κ2) is 5.25. The second-order valence-corrected chi connectivity index (χ2v) is 5.44. The molecule has 0 saturated heterocycles. The molecule has 0 aromatic heterocycles. The number of rotatable bonds is 4. The summed E-state index contributed by atoms with van der Waals surface area (Å²) in [5.74, 6) is 0. The molecule has 60 valence electrons. The molecule has 0 radical (unpaired) electrons. The van der Waals surface area contributed by atoms with Crippen molar-refractivity contribution in [2.24, 2.45) is 0 Å². The number of hydrogen-bond acceptors (Lipinski definition) is 2. The Bertz CT molecular complexity index is 193. The van der Waals surface area contributed by atoms with Crippen LogP contribution in [-0.4, -0.2) is 20.4 Å². The highest BCUT2D eigenvalue weighted by atomic mass is 28.3. The molecule has 0 spiro atoms. The fraction of sp³-hybridized carbons (Fsp3) is 0.143. The standard InChI is InChI=1S/C7H13NOSi2/c10-9-11-8-6-7-4-2-1-3-5-7/h1-5,8H,6,11H2,10H3. The second-order valence-electron chi connectivity index (χ2n) is 2.35. The summed E-state index contributed by atoms with van der Waals surface area (Å²) in [6.07, 6.45) is 0. The predicted molar refractivity (Wildman–Crippen MR) is 52.8 cm³/mol. The lowest BCUT2D eigenvalue weighted by Gasteiger charge is -2.01. The molecule has 0 aliphatic rings. The summed E-state index contributed by atoms with van der Waals surface area (Å²) in [6.45, 7) is 0.954. The number of nitrogens with one attached hydrogen (secondary N) is 1. The van der Waals surface area contributed by atoms with Gasteiger partial charge in [-0.05, 0) is 5.56 Å². The van der Waals surface area contributed by atoms with E-state index in [1.807, 2.05) is 6.07 Å². The van der Waals surface area contributed by atoms with Gasteiger partial charge in [0.25, 0.3) is 0 Å². The third-order valence-electron chi connectivity index (χ3n) is 1.42. The van der Waals surface area contributed by atoms with Crippen molar-refractivity contribution < 1.29 is 4.12 Å². The summed E-state index contributed by atoms with van der Waals surface area (Å²) >= 11 is 0. The van der Waals surface area contributed by atoms with E-state index in [9.17, 15) is 0 Å². The monoisotopic (exact) mass is 183 g/mol. The van der Waals surface area contributed by atoms with Crippen LogP contribution in [0, 0.1) is 0 Å². The molecule has 1 aromatic carbocycles. The molecule has 0 fully saturated rings. The van der Waals surface area contributed by atoms with E-state index in [1.54, 1.807) is 0 Å². The normalized spacial score (nSPS) is 11.3. The Morgan fingerprint density at radius 1 is 1.36 bits per heavy atom. The van der Waals surface area contributed by atoms with Crippen molar-refractivity contribution in [2.45, 2.75) is 6.54 Å². The largest absolute Gasteiger partial charge is 0.457 e. The molecular formula is C7H13NOSi2. The maximum atomic E-state index is 5.13. The fourth-order valence-electron chi connectivity index (χ4n) is 0.893. The lowest BCUT2D eigenvalue weighted by Crippen LogP contribution is -2.20. The Labute approximate surface area is 72.5 Å². The molecule has 2 nitrogen and oxygen atoms in total. The first kappa shape index (κ1) is 8.67. The summed E-state index contributed by atoms with van der Waals surface area (Å²) in [6, 6.07) is 10.4. The van der Waals surface area contributed by atoms with Crippen molar-refractivity contribution in [2.75, 3.05) is 0 Å². The van der Waals surface area contributed by atoms with Gasteiger partial charge in [-0.2, -0.15) is 0 Å². The van der Waals surface area contributed by atoms with E-state index in [2.05, 4.69) is 29.2 Å². The van der Waals surface area contributed by atoms with E-state index >= 15 is 0 Å². The highest BCUT2D eigenvalue weighted by molar-refractivity contribution is 6.31. The highest BCUT2D eigenvalue weighted by Gasteiger charge is 1.88. The van der Waals surface area contributed by atoms with E-state index in [0.717, 1.165) is 17.0 Å². The van der Waals surface area contributed by atoms with E-state index in [4.69, 9.17) is 4.12 Å². The first-order valence-electron chi connectivity index (χ1n) is 3.67. The van der Waals surface area contributed by atoms with Crippen LogP contribution >= 0.6 is 0 Å². The third kappa shape index (κ3) is 3.47. The van der Waals surface area contributed by atoms with E-state index in [1.165, 1.54) is 5.56 Å². The molecule has 1 N–H and O–H groups in total. The Kier molecular flexibility index (Phi) is 4.14. The molecule has 1 rings (SSSR count). The summed E-state index contributed by atoms with van der Waals surface area (Å²) in [4.78, 5) is 3.30. The molecular weight excluding hydrogens is 170 g/mol. The van der Waals surface area contributed by atoms with E-state index in [0.29, 0.717) is 0 Å². The quantitative estimate of drug-likeness (QED) is 0.481. The Morgan fingerprint density at radius 2 is 2.09 bits per heavy atom. The van der Waals surface area contributed by atoms with Gasteiger partial charge in [0.15, 0.2) is 0 Å². The van der Waals surface area contributed by atoms with Gasteiger partial charge in [-0.15, -0.1) is 0 Å². The molecule has 0 bridgehead atoms. The van der Waals surface area contributed by atoms with Crippen LogP contribution in [0.15, 0.2) is 30.3 Å². The van der Waals surface area contributed by atoms with Gasteiger partial charge in [0, 0.05) is 6.54 Å². The number of benzene rings is 1. The lowest BCUT2D eigenvalue weighted by atomic mass is 10.2. The van der Waals surface area contributed by atoms with Crippen molar-refractivity contribution in [3.63, 3.8) is 0 Å². The van der Waals surface area contributed by atoms with Gasteiger partial charge in [0.1, 0.15) is 10.5 Å². The predicted octanol–water partition coefficient (Wildman–Crippen LogP) is -0.928. The Hall–Kier alpha value is -0.426. The van der Waals surface area contributed by atoms with Crippen LogP contribution < -0.4 is 4.98 Å². The average molecular weight is 183 g/mol. The van der Waals surface area contributed by atoms with E-state index < -0.39 is 9.92 Å². The minimum Gasteiger partial charge on any atom is -0.457 e. The third-order valence-corrected chi connectivity index (χ3v) is 3.03. The molecule has 1 aromatic rings. The Balaban J connectivity index is 2.28. The van der Waals surface area contributed by atoms with Gasteiger partial charge in [-0.3, -0.25) is 0 Å². The van der Waals surface area contributed by atoms with Crippen molar-refractivity contribution >= 4 is 20.4 Å². The van der Waals surface area contributed by atoms with Crippen LogP contribution in [0.2, 0.25) is 0 Å². The number of hydrogen-bond donors (Lipinski definition) is 1. The molecule has 0 amide bonds. The first-order valence-corrected chi connectivity index (χ1v) is 5.77. The molecule has 0 aliphatic heterocycles. The topological polar surface area (TPSA) is 21.3 Å². The SMILES string of the molecule is [SiH3]O[SiH2]NCc1ccccc1. The maximum absolute atomic E-state index is 5.13. The van der Waals surface area contributed by atoms with Crippen LogP contribution in [0.5, 0.6) is 0 Å². The lowest BCUT2D eigenvalue weighted by molar-refractivity contribution is 0.635. The molecule has 0 saturated carbocycles. The van der Waals surface area contributed by atoms with Crippen molar-refractivity contribution in [1.29, 1.82) is 0 Å². The zero-order valence-corrected chi connectivity index (χ0v) is 10.1. The minimum atomic E-state index is -0.410. The molecule has 0 unspecified atom stereocenters. The zero-order chi connectivity index (χ0) is 7.94. The highest BCUT2D eigenvalue weighted by Crippen LogP contribution is 1.95. The van der Waals surface area contributed by atoms with Gasteiger partial charge in [-0.25, -0.2) is 0 Å². The molecule has 0 aliphatic carbocycles. The average Bonchev–Trinajstić information content (AvgIpc) is 2.07. The maximum Gasteiger partial charge on any atom is 0.224 e. The minimum absolute atomic E-state index is 0.410. The molecule has 0 atom stereocenters. The van der Waals surface area contributed by atoms with Gasteiger partial charge in [0.2, 0.25) is 9.92 Å². The van der Waals surface area contributed by atoms with Crippen LogP contribution in [0.3, 0.4) is 0 Å². The summed E-state index contributed by atoms with van der Waals surface area (Å²) < 4.78 is 5.13. The van der Waals surface area contributed by atoms with Crippen LogP contribution in [-0.2, 0) is 10.7 Å².